The van der Waals surface area contributed by atoms with Crippen molar-refractivity contribution in [2.45, 2.75) is 46.5 Å². The monoisotopic (exact) mass is 196 g/mol. The number of allylic oxidation sites excluding steroid dienone is 1. The number of rotatable bonds is 2. The molecule has 0 saturated heterocycles. The third kappa shape index (κ3) is 3.17. The Morgan fingerprint density at radius 1 is 1.50 bits per heavy atom. The van der Waals surface area contributed by atoms with Crippen molar-refractivity contribution in [2.75, 3.05) is 0 Å². The summed E-state index contributed by atoms with van der Waals surface area (Å²) < 4.78 is 0. The minimum Gasteiger partial charge on any atom is -0.478 e. The highest BCUT2D eigenvalue weighted by Gasteiger charge is 2.28. The molecule has 1 fully saturated rings. The fourth-order valence-corrected chi connectivity index (χ4v) is 2.40. The summed E-state index contributed by atoms with van der Waals surface area (Å²) in [7, 11) is 0. The fraction of sp³-hybridized carbons (Fsp3) is 0.750. The Hall–Kier alpha value is -0.790. The molecule has 0 heterocycles. The van der Waals surface area contributed by atoms with Crippen LogP contribution < -0.4 is 0 Å². The Kier molecular flexibility index (Phi) is 3.35. The van der Waals surface area contributed by atoms with Crippen LogP contribution in [-0.4, -0.2) is 11.1 Å². The maximum Gasteiger partial charge on any atom is 0.328 e. The molecule has 0 aromatic heterocycles. The lowest BCUT2D eigenvalue weighted by Gasteiger charge is -2.35. The van der Waals surface area contributed by atoms with Crippen molar-refractivity contribution in [3.8, 4) is 0 Å². The predicted octanol–water partition coefficient (Wildman–Crippen LogP) is 3.23. The summed E-state index contributed by atoms with van der Waals surface area (Å²) in [4.78, 5) is 10.5. The first kappa shape index (κ1) is 11.3. The van der Waals surface area contributed by atoms with Gasteiger partial charge in [0.05, 0.1) is 0 Å². The maximum absolute atomic E-state index is 10.5. The van der Waals surface area contributed by atoms with Crippen LogP contribution in [0.4, 0.5) is 0 Å². The molecular formula is C12H20O2. The highest BCUT2D eigenvalue weighted by atomic mass is 16.4. The molecule has 1 atom stereocenters. The number of carbonyl (C=O) groups is 1. The van der Waals surface area contributed by atoms with E-state index in [-0.39, 0.29) is 0 Å². The van der Waals surface area contributed by atoms with Crippen molar-refractivity contribution in [1.29, 1.82) is 0 Å². The molecule has 1 rings (SSSR count). The van der Waals surface area contributed by atoms with Crippen molar-refractivity contribution in [3.63, 3.8) is 0 Å². The molecule has 0 aliphatic heterocycles. The van der Waals surface area contributed by atoms with E-state index in [0.29, 0.717) is 11.3 Å². The highest BCUT2D eigenvalue weighted by molar-refractivity contribution is 5.80. The topological polar surface area (TPSA) is 37.3 Å². The number of carboxylic acid groups (broad SMARTS) is 1. The van der Waals surface area contributed by atoms with Crippen LogP contribution in [0.3, 0.4) is 0 Å². The van der Waals surface area contributed by atoms with Crippen LogP contribution in [0.25, 0.3) is 0 Å². The van der Waals surface area contributed by atoms with Crippen LogP contribution in [-0.2, 0) is 4.79 Å². The molecule has 0 aromatic rings. The minimum absolute atomic E-state index is 0.385. The van der Waals surface area contributed by atoms with Crippen LogP contribution >= 0.6 is 0 Å². The first-order chi connectivity index (χ1) is 6.41. The Labute approximate surface area is 86.0 Å². The van der Waals surface area contributed by atoms with Gasteiger partial charge in [-0.2, -0.15) is 0 Å². The number of hydrogen-bond acceptors (Lipinski definition) is 1. The van der Waals surface area contributed by atoms with Gasteiger partial charge in [0.15, 0.2) is 0 Å². The normalized spacial score (nSPS) is 27.4. The van der Waals surface area contributed by atoms with Crippen LogP contribution in [0, 0.1) is 11.3 Å². The Morgan fingerprint density at radius 2 is 2.14 bits per heavy atom. The largest absolute Gasteiger partial charge is 0.478 e. The van der Waals surface area contributed by atoms with Gasteiger partial charge in [-0.05, 0) is 37.5 Å². The fourth-order valence-electron chi connectivity index (χ4n) is 2.40. The minimum atomic E-state index is -0.814. The van der Waals surface area contributed by atoms with Gasteiger partial charge in [-0.15, -0.1) is 0 Å². The van der Waals surface area contributed by atoms with E-state index in [0.717, 1.165) is 18.4 Å². The van der Waals surface area contributed by atoms with Gasteiger partial charge in [0, 0.05) is 6.08 Å². The van der Waals surface area contributed by atoms with Crippen LogP contribution in [0.15, 0.2) is 11.6 Å². The summed E-state index contributed by atoms with van der Waals surface area (Å²) in [5.74, 6) is -0.333. The van der Waals surface area contributed by atoms with Crippen LogP contribution in [0.5, 0.6) is 0 Å². The Balaban J connectivity index is 2.65. The van der Waals surface area contributed by atoms with Gasteiger partial charge >= 0.3 is 5.97 Å². The second-order valence-corrected chi connectivity index (χ2v) is 5.18. The molecule has 1 N–H and O–H groups in total. The molecule has 1 aliphatic carbocycles. The van der Waals surface area contributed by atoms with E-state index >= 15 is 0 Å². The zero-order chi connectivity index (χ0) is 10.8. The van der Waals surface area contributed by atoms with Crippen molar-refractivity contribution in [1.82, 2.24) is 0 Å². The summed E-state index contributed by atoms with van der Waals surface area (Å²) in [6.45, 7) is 6.49. The molecule has 14 heavy (non-hydrogen) atoms. The van der Waals surface area contributed by atoms with E-state index in [4.69, 9.17) is 5.11 Å². The van der Waals surface area contributed by atoms with Gasteiger partial charge in [-0.1, -0.05) is 25.8 Å². The number of aliphatic carboxylic acids is 1. The van der Waals surface area contributed by atoms with E-state index in [2.05, 4.69) is 13.8 Å². The average molecular weight is 196 g/mol. The van der Waals surface area contributed by atoms with Crippen molar-refractivity contribution < 1.29 is 9.90 Å². The van der Waals surface area contributed by atoms with Crippen LogP contribution in [0.1, 0.15) is 46.5 Å². The lowest BCUT2D eigenvalue weighted by atomic mass is 9.70. The average Bonchev–Trinajstić information content (AvgIpc) is 2.01. The van der Waals surface area contributed by atoms with E-state index in [1.54, 1.807) is 0 Å². The molecule has 1 aliphatic rings. The lowest BCUT2D eigenvalue weighted by Crippen LogP contribution is -2.23. The van der Waals surface area contributed by atoms with Crippen LogP contribution in [0.2, 0.25) is 0 Å². The molecule has 0 bridgehead atoms. The zero-order valence-corrected chi connectivity index (χ0v) is 9.34. The third-order valence-electron chi connectivity index (χ3n) is 3.20. The summed E-state index contributed by atoms with van der Waals surface area (Å²) >= 11 is 0. The maximum atomic E-state index is 10.5. The Bertz CT molecular complexity index is 251. The Morgan fingerprint density at radius 3 is 2.64 bits per heavy atom. The summed E-state index contributed by atoms with van der Waals surface area (Å²) in [5, 5.41) is 8.67. The first-order valence-electron chi connectivity index (χ1n) is 5.32. The van der Waals surface area contributed by atoms with E-state index in [1.807, 2.05) is 6.92 Å². The quantitative estimate of drug-likeness (QED) is 0.688. The summed E-state index contributed by atoms with van der Waals surface area (Å²) in [5.41, 5.74) is 1.42. The standard InChI is InChI=1S/C12H20O2/c1-9(7-11(13)14)10-5-4-6-12(2,3)8-10/h7,10H,4-6,8H2,1-3H3,(H,13,14). The van der Waals surface area contributed by atoms with Gasteiger partial charge in [-0.25, -0.2) is 4.79 Å². The van der Waals surface area contributed by atoms with Gasteiger partial charge in [0.2, 0.25) is 0 Å². The molecule has 2 nitrogen and oxygen atoms in total. The van der Waals surface area contributed by atoms with Gasteiger partial charge < -0.3 is 5.11 Å². The van der Waals surface area contributed by atoms with Crippen molar-refractivity contribution in [3.05, 3.63) is 11.6 Å². The molecule has 0 radical (unpaired) electrons. The molecular weight excluding hydrogens is 176 g/mol. The number of hydrogen-bond donors (Lipinski definition) is 1. The van der Waals surface area contributed by atoms with E-state index in [9.17, 15) is 4.79 Å². The molecule has 2 heteroatoms. The molecule has 1 saturated carbocycles. The van der Waals surface area contributed by atoms with Gasteiger partial charge in [0.25, 0.3) is 0 Å². The van der Waals surface area contributed by atoms with Crippen molar-refractivity contribution >= 4 is 5.97 Å². The van der Waals surface area contributed by atoms with Gasteiger partial charge in [0.1, 0.15) is 0 Å². The third-order valence-corrected chi connectivity index (χ3v) is 3.20. The van der Waals surface area contributed by atoms with Crippen molar-refractivity contribution in [2.24, 2.45) is 11.3 Å². The molecule has 0 spiro atoms. The first-order valence-corrected chi connectivity index (χ1v) is 5.32. The van der Waals surface area contributed by atoms with Gasteiger partial charge in [-0.3, -0.25) is 0 Å². The predicted molar refractivity (Wildman–Crippen MR) is 57.1 cm³/mol. The molecule has 0 aromatic carbocycles. The SMILES string of the molecule is CC(=CC(=O)O)C1CCCC(C)(C)C1. The summed E-state index contributed by atoms with van der Waals surface area (Å²) in [6, 6.07) is 0. The molecule has 80 valence electrons. The zero-order valence-electron chi connectivity index (χ0n) is 9.34. The molecule has 1 unspecified atom stereocenters. The number of carboxylic acids is 1. The van der Waals surface area contributed by atoms with E-state index in [1.165, 1.54) is 18.9 Å². The summed E-state index contributed by atoms with van der Waals surface area (Å²) in [6.07, 6.45) is 6.14. The lowest BCUT2D eigenvalue weighted by molar-refractivity contribution is -0.131. The van der Waals surface area contributed by atoms with E-state index < -0.39 is 5.97 Å². The second-order valence-electron chi connectivity index (χ2n) is 5.18. The second kappa shape index (κ2) is 4.16. The smallest absolute Gasteiger partial charge is 0.328 e. The molecule has 0 amide bonds. The highest BCUT2D eigenvalue weighted by Crippen LogP contribution is 2.41.